The molecule has 0 fully saturated rings. The number of rotatable bonds is 6. The fourth-order valence-corrected chi connectivity index (χ4v) is 2.52. The van der Waals surface area contributed by atoms with Gasteiger partial charge in [-0.15, -0.1) is 0 Å². The van der Waals surface area contributed by atoms with Crippen molar-refractivity contribution in [2.75, 3.05) is 6.61 Å². The Bertz CT molecular complexity index is 654. The zero-order chi connectivity index (χ0) is 19.2. The Hall–Kier alpha value is -1.62. The SMILES string of the molecule is CCOC(=O)C(=Cc1cc(C(C)C)ccc1Br)CC(=O)OC(C)(C)C. The van der Waals surface area contributed by atoms with Gasteiger partial charge in [0.05, 0.1) is 13.0 Å². The van der Waals surface area contributed by atoms with Crippen molar-refractivity contribution in [2.24, 2.45) is 0 Å². The maximum absolute atomic E-state index is 12.3. The van der Waals surface area contributed by atoms with Crippen molar-refractivity contribution in [3.05, 3.63) is 39.4 Å². The highest BCUT2D eigenvalue weighted by atomic mass is 79.9. The number of benzene rings is 1. The van der Waals surface area contributed by atoms with Crippen LogP contribution in [0.5, 0.6) is 0 Å². The van der Waals surface area contributed by atoms with E-state index in [1.165, 1.54) is 0 Å². The molecule has 0 heterocycles. The molecule has 0 spiro atoms. The highest BCUT2D eigenvalue weighted by Gasteiger charge is 2.21. The number of carbonyl (C=O) groups excluding carboxylic acids is 2. The van der Waals surface area contributed by atoms with Crippen LogP contribution in [0.2, 0.25) is 0 Å². The third-order valence-electron chi connectivity index (χ3n) is 3.31. The smallest absolute Gasteiger partial charge is 0.334 e. The van der Waals surface area contributed by atoms with Crippen LogP contribution < -0.4 is 0 Å². The largest absolute Gasteiger partial charge is 0.463 e. The molecule has 0 unspecified atom stereocenters. The molecule has 1 rings (SSSR count). The summed E-state index contributed by atoms with van der Waals surface area (Å²) in [5.74, 6) is -0.602. The van der Waals surface area contributed by atoms with E-state index in [2.05, 4.69) is 29.8 Å². The van der Waals surface area contributed by atoms with E-state index >= 15 is 0 Å². The predicted molar refractivity (Wildman–Crippen MR) is 103 cm³/mol. The highest BCUT2D eigenvalue weighted by Crippen LogP contribution is 2.26. The molecule has 0 radical (unpaired) electrons. The van der Waals surface area contributed by atoms with Crippen molar-refractivity contribution >= 4 is 33.9 Å². The van der Waals surface area contributed by atoms with Crippen LogP contribution >= 0.6 is 15.9 Å². The fraction of sp³-hybridized carbons (Fsp3) is 0.500. The van der Waals surface area contributed by atoms with Crippen LogP contribution in [0.1, 0.15) is 65.0 Å². The Kier molecular flexibility index (Phi) is 7.87. The minimum absolute atomic E-state index is 0.131. The highest BCUT2D eigenvalue weighted by molar-refractivity contribution is 9.10. The zero-order valence-electron chi connectivity index (χ0n) is 15.8. The average Bonchev–Trinajstić information content (AvgIpc) is 2.46. The van der Waals surface area contributed by atoms with Crippen molar-refractivity contribution < 1.29 is 19.1 Å². The summed E-state index contributed by atoms with van der Waals surface area (Å²) < 4.78 is 11.3. The molecule has 0 N–H and O–H groups in total. The Morgan fingerprint density at radius 2 is 1.88 bits per heavy atom. The van der Waals surface area contributed by atoms with Crippen molar-refractivity contribution in [1.82, 2.24) is 0 Å². The second-order valence-electron chi connectivity index (χ2n) is 7.09. The van der Waals surface area contributed by atoms with Crippen LogP contribution in [0.25, 0.3) is 6.08 Å². The van der Waals surface area contributed by atoms with Crippen LogP contribution in [-0.2, 0) is 19.1 Å². The summed E-state index contributed by atoms with van der Waals surface area (Å²) in [4.78, 5) is 24.4. The van der Waals surface area contributed by atoms with Gasteiger partial charge in [-0.2, -0.15) is 0 Å². The van der Waals surface area contributed by atoms with Gasteiger partial charge in [0.1, 0.15) is 5.60 Å². The number of esters is 2. The van der Waals surface area contributed by atoms with Crippen LogP contribution in [0.4, 0.5) is 0 Å². The van der Waals surface area contributed by atoms with E-state index in [0.29, 0.717) is 5.92 Å². The summed E-state index contributed by atoms with van der Waals surface area (Å²) in [6.07, 6.45) is 1.56. The maximum atomic E-state index is 12.3. The molecule has 0 bridgehead atoms. The molecule has 0 saturated carbocycles. The summed E-state index contributed by atoms with van der Waals surface area (Å²) in [6, 6.07) is 5.98. The molecule has 0 aliphatic rings. The zero-order valence-corrected chi connectivity index (χ0v) is 17.4. The molecule has 0 atom stereocenters. The van der Waals surface area contributed by atoms with Crippen LogP contribution in [0.15, 0.2) is 28.2 Å². The van der Waals surface area contributed by atoms with Crippen LogP contribution in [0.3, 0.4) is 0 Å². The molecule has 1 aromatic carbocycles. The maximum Gasteiger partial charge on any atom is 0.334 e. The van der Waals surface area contributed by atoms with Gasteiger partial charge in [0.15, 0.2) is 0 Å². The van der Waals surface area contributed by atoms with Crippen LogP contribution in [0, 0.1) is 0 Å². The number of ether oxygens (including phenoxy) is 2. The van der Waals surface area contributed by atoms with Crippen LogP contribution in [-0.4, -0.2) is 24.1 Å². The molecule has 0 aliphatic heterocycles. The second-order valence-corrected chi connectivity index (χ2v) is 7.94. The minimum atomic E-state index is -0.602. The van der Waals surface area contributed by atoms with Gasteiger partial charge in [-0.05, 0) is 56.9 Å². The summed E-state index contributed by atoms with van der Waals surface area (Å²) in [5, 5.41) is 0. The van der Waals surface area contributed by atoms with Gasteiger partial charge in [0, 0.05) is 10.0 Å². The molecule has 138 valence electrons. The van der Waals surface area contributed by atoms with Crippen molar-refractivity contribution in [3.8, 4) is 0 Å². The quantitative estimate of drug-likeness (QED) is 0.474. The standard InChI is InChI=1S/C20H27BrO4/c1-7-24-19(23)16(12-18(22)25-20(4,5)6)11-15-10-14(13(2)3)8-9-17(15)21/h8-11,13H,7,12H2,1-6H3. The Labute approximate surface area is 158 Å². The normalized spacial score (nSPS) is 12.2. The summed E-state index contributed by atoms with van der Waals surface area (Å²) in [5.41, 5.74) is 1.65. The summed E-state index contributed by atoms with van der Waals surface area (Å²) in [6.45, 7) is 11.6. The first-order chi connectivity index (χ1) is 11.5. The van der Waals surface area contributed by atoms with Crippen molar-refractivity contribution in [1.29, 1.82) is 0 Å². The van der Waals surface area contributed by atoms with E-state index in [1.807, 2.05) is 18.2 Å². The van der Waals surface area contributed by atoms with Gasteiger partial charge in [-0.25, -0.2) is 4.79 Å². The Morgan fingerprint density at radius 3 is 2.40 bits per heavy atom. The van der Waals surface area contributed by atoms with E-state index in [-0.39, 0.29) is 18.6 Å². The first kappa shape index (κ1) is 21.4. The molecule has 0 saturated heterocycles. The Balaban J connectivity index is 3.19. The van der Waals surface area contributed by atoms with Gasteiger partial charge in [-0.3, -0.25) is 4.79 Å². The molecule has 1 aromatic rings. The van der Waals surface area contributed by atoms with Crippen molar-refractivity contribution in [3.63, 3.8) is 0 Å². The lowest BCUT2D eigenvalue weighted by molar-refractivity contribution is -0.155. The van der Waals surface area contributed by atoms with E-state index in [1.54, 1.807) is 33.8 Å². The fourth-order valence-electron chi connectivity index (χ4n) is 2.16. The van der Waals surface area contributed by atoms with Gasteiger partial charge in [-0.1, -0.05) is 41.9 Å². The molecule has 0 aromatic heterocycles. The van der Waals surface area contributed by atoms with Gasteiger partial charge >= 0.3 is 11.9 Å². The third kappa shape index (κ3) is 7.43. The molecule has 0 aliphatic carbocycles. The molecular formula is C20H27BrO4. The second kappa shape index (κ2) is 9.18. The number of hydrogen-bond acceptors (Lipinski definition) is 4. The van der Waals surface area contributed by atoms with E-state index < -0.39 is 17.5 Å². The lowest BCUT2D eigenvalue weighted by Crippen LogP contribution is -2.25. The van der Waals surface area contributed by atoms with E-state index in [0.717, 1.165) is 15.6 Å². The lowest BCUT2D eigenvalue weighted by atomic mass is 9.99. The monoisotopic (exact) mass is 410 g/mol. The van der Waals surface area contributed by atoms with Gasteiger partial charge in [0.25, 0.3) is 0 Å². The molecule has 5 heteroatoms. The van der Waals surface area contributed by atoms with E-state index in [4.69, 9.17) is 9.47 Å². The minimum Gasteiger partial charge on any atom is -0.463 e. The number of halogens is 1. The van der Waals surface area contributed by atoms with Gasteiger partial charge < -0.3 is 9.47 Å². The van der Waals surface area contributed by atoms with Gasteiger partial charge in [0.2, 0.25) is 0 Å². The third-order valence-corrected chi connectivity index (χ3v) is 4.03. The molecular weight excluding hydrogens is 384 g/mol. The lowest BCUT2D eigenvalue weighted by Gasteiger charge is -2.20. The summed E-state index contributed by atoms with van der Waals surface area (Å²) >= 11 is 3.50. The summed E-state index contributed by atoms with van der Waals surface area (Å²) in [7, 11) is 0. The van der Waals surface area contributed by atoms with E-state index in [9.17, 15) is 9.59 Å². The average molecular weight is 411 g/mol. The first-order valence-corrected chi connectivity index (χ1v) is 9.21. The molecule has 25 heavy (non-hydrogen) atoms. The number of hydrogen-bond donors (Lipinski definition) is 0. The molecule has 0 amide bonds. The van der Waals surface area contributed by atoms with Crippen molar-refractivity contribution in [2.45, 2.75) is 59.5 Å². The predicted octanol–water partition coefficient (Wildman–Crippen LogP) is 5.25. The number of carbonyl (C=O) groups is 2. The first-order valence-electron chi connectivity index (χ1n) is 8.42. The Morgan fingerprint density at radius 1 is 1.24 bits per heavy atom. The molecule has 4 nitrogen and oxygen atoms in total. The topological polar surface area (TPSA) is 52.6 Å².